The number of hydrogen-bond donors (Lipinski definition) is 0. The number of methoxy groups -OCH3 is 1. The van der Waals surface area contributed by atoms with Crippen molar-refractivity contribution in [3.63, 3.8) is 0 Å². The van der Waals surface area contributed by atoms with Gasteiger partial charge in [0.25, 0.3) is 0 Å². The Morgan fingerprint density at radius 3 is 2.92 bits per heavy atom. The van der Waals surface area contributed by atoms with Gasteiger partial charge in [-0.3, -0.25) is 9.78 Å². The molecule has 1 atom stereocenters. The lowest BCUT2D eigenvalue weighted by Gasteiger charge is -2.10. The van der Waals surface area contributed by atoms with Gasteiger partial charge >= 0.3 is 5.97 Å². The van der Waals surface area contributed by atoms with Crippen molar-refractivity contribution in [1.82, 2.24) is 4.98 Å². The van der Waals surface area contributed by atoms with Crippen LogP contribution in [0.2, 0.25) is 0 Å². The Kier molecular flexibility index (Phi) is 3.42. The predicted molar refractivity (Wildman–Crippen MR) is 52.4 cm³/mol. The molecule has 1 unspecified atom stereocenters. The van der Waals surface area contributed by atoms with Crippen molar-refractivity contribution >= 4 is 21.9 Å². The second-order valence-corrected chi connectivity index (χ2v) is 3.50. The van der Waals surface area contributed by atoms with Gasteiger partial charge in [-0.1, -0.05) is 0 Å². The number of rotatable bonds is 2. The molecule has 0 N–H and O–H groups in total. The Hall–Kier alpha value is -0.900. The van der Waals surface area contributed by atoms with E-state index in [0.717, 1.165) is 10.0 Å². The monoisotopic (exact) mass is 243 g/mol. The van der Waals surface area contributed by atoms with Crippen LogP contribution in [0.5, 0.6) is 0 Å². The first-order chi connectivity index (χ1) is 6.16. The van der Waals surface area contributed by atoms with Gasteiger partial charge in [-0.2, -0.15) is 0 Å². The molecule has 0 saturated carbocycles. The molecule has 13 heavy (non-hydrogen) atoms. The molecule has 0 bridgehead atoms. The third-order valence-electron chi connectivity index (χ3n) is 1.83. The van der Waals surface area contributed by atoms with Gasteiger partial charge in [0.15, 0.2) is 0 Å². The normalized spacial score (nSPS) is 12.2. The minimum atomic E-state index is -0.262. The van der Waals surface area contributed by atoms with Crippen molar-refractivity contribution in [2.75, 3.05) is 7.11 Å². The van der Waals surface area contributed by atoms with E-state index < -0.39 is 0 Å². The molecule has 1 aromatic heterocycles. The largest absolute Gasteiger partial charge is 0.469 e. The first-order valence-electron chi connectivity index (χ1n) is 3.84. The van der Waals surface area contributed by atoms with Crippen molar-refractivity contribution < 1.29 is 9.53 Å². The van der Waals surface area contributed by atoms with E-state index in [1.54, 1.807) is 25.4 Å². The van der Waals surface area contributed by atoms with E-state index in [0.29, 0.717) is 0 Å². The zero-order valence-electron chi connectivity index (χ0n) is 7.45. The van der Waals surface area contributed by atoms with E-state index in [2.05, 4.69) is 25.7 Å². The maximum absolute atomic E-state index is 11.2. The highest BCUT2D eigenvalue weighted by Crippen LogP contribution is 2.24. The summed E-state index contributed by atoms with van der Waals surface area (Å²) in [4.78, 5) is 15.1. The van der Waals surface area contributed by atoms with Crippen molar-refractivity contribution in [1.29, 1.82) is 0 Å². The Balaban J connectivity index is 2.95. The number of esters is 1. The summed E-state index contributed by atoms with van der Waals surface area (Å²) in [5, 5.41) is 0. The van der Waals surface area contributed by atoms with E-state index in [4.69, 9.17) is 0 Å². The van der Waals surface area contributed by atoms with E-state index in [-0.39, 0.29) is 11.9 Å². The number of aromatic nitrogens is 1. The van der Waals surface area contributed by atoms with Gasteiger partial charge < -0.3 is 4.74 Å². The molecule has 0 radical (unpaired) electrons. The van der Waals surface area contributed by atoms with Gasteiger partial charge in [0, 0.05) is 16.9 Å². The summed E-state index contributed by atoms with van der Waals surface area (Å²) in [6, 6.07) is 1.80. The van der Waals surface area contributed by atoms with Crippen molar-refractivity contribution in [2.45, 2.75) is 12.8 Å². The van der Waals surface area contributed by atoms with Gasteiger partial charge in [-0.05, 0) is 34.5 Å². The third kappa shape index (κ3) is 2.28. The Morgan fingerprint density at radius 1 is 1.69 bits per heavy atom. The van der Waals surface area contributed by atoms with Crippen molar-refractivity contribution in [2.24, 2.45) is 0 Å². The molecule has 3 nitrogen and oxygen atoms in total. The molecule has 70 valence electrons. The Labute approximate surface area is 85.3 Å². The molecule has 0 aliphatic heterocycles. The van der Waals surface area contributed by atoms with Crippen LogP contribution >= 0.6 is 15.9 Å². The molecule has 1 rings (SSSR count). The Morgan fingerprint density at radius 2 is 2.38 bits per heavy atom. The molecule has 0 spiro atoms. The summed E-state index contributed by atoms with van der Waals surface area (Å²) in [5.41, 5.74) is 0.891. The topological polar surface area (TPSA) is 39.2 Å². The van der Waals surface area contributed by atoms with Crippen molar-refractivity contribution in [3.8, 4) is 0 Å². The molecule has 0 saturated heterocycles. The van der Waals surface area contributed by atoms with Crippen LogP contribution in [0.4, 0.5) is 0 Å². The van der Waals surface area contributed by atoms with E-state index in [9.17, 15) is 4.79 Å². The third-order valence-corrected chi connectivity index (χ3v) is 2.49. The van der Waals surface area contributed by atoms with Gasteiger partial charge in [0.2, 0.25) is 0 Å². The average molecular weight is 244 g/mol. The molecule has 4 heteroatoms. The summed E-state index contributed by atoms with van der Waals surface area (Å²) >= 11 is 3.32. The van der Waals surface area contributed by atoms with Crippen LogP contribution in [-0.2, 0) is 9.53 Å². The summed E-state index contributed by atoms with van der Waals surface area (Å²) in [6.07, 6.45) is 3.31. The standard InChI is InChI=1S/C9H10BrNO2/c1-6(9(12)13-2)7-3-4-11-5-8(7)10/h3-6H,1-2H3. The molecule has 0 aromatic carbocycles. The first-order valence-corrected chi connectivity index (χ1v) is 4.63. The molecular formula is C9H10BrNO2. The molecule has 0 amide bonds. The summed E-state index contributed by atoms with van der Waals surface area (Å²) < 4.78 is 5.47. The minimum Gasteiger partial charge on any atom is -0.469 e. The van der Waals surface area contributed by atoms with Crippen LogP contribution in [0.1, 0.15) is 18.4 Å². The van der Waals surface area contributed by atoms with Gasteiger partial charge in [-0.25, -0.2) is 0 Å². The first kappa shape index (κ1) is 10.2. The predicted octanol–water partition coefficient (Wildman–Crippen LogP) is 2.12. The number of pyridine rings is 1. The molecule has 1 heterocycles. The maximum Gasteiger partial charge on any atom is 0.312 e. The van der Waals surface area contributed by atoms with Gasteiger partial charge in [-0.15, -0.1) is 0 Å². The fourth-order valence-corrected chi connectivity index (χ4v) is 1.63. The summed E-state index contributed by atoms with van der Waals surface area (Å²) in [7, 11) is 1.38. The van der Waals surface area contributed by atoms with E-state index >= 15 is 0 Å². The molecule has 0 aliphatic rings. The van der Waals surface area contributed by atoms with Crippen LogP contribution in [0.3, 0.4) is 0 Å². The van der Waals surface area contributed by atoms with Crippen LogP contribution in [0, 0.1) is 0 Å². The van der Waals surface area contributed by atoms with Crippen LogP contribution in [0.15, 0.2) is 22.9 Å². The number of carbonyl (C=O) groups excluding carboxylic acids is 1. The fraction of sp³-hybridized carbons (Fsp3) is 0.333. The number of carbonyl (C=O) groups is 1. The molecule has 0 aliphatic carbocycles. The number of halogens is 1. The fourth-order valence-electron chi connectivity index (χ4n) is 1.04. The van der Waals surface area contributed by atoms with Crippen LogP contribution < -0.4 is 0 Å². The Bertz CT molecular complexity index is 314. The van der Waals surface area contributed by atoms with Gasteiger partial charge in [0.05, 0.1) is 13.0 Å². The highest BCUT2D eigenvalue weighted by Gasteiger charge is 2.17. The average Bonchev–Trinajstić information content (AvgIpc) is 2.16. The molecule has 0 fully saturated rings. The summed E-state index contributed by atoms with van der Waals surface area (Å²) in [5.74, 6) is -0.505. The molecule has 1 aromatic rings. The SMILES string of the molecule is COC(=O)C(C)c1ccncc1Br. The second-order valence-electron chi connectivity index (χ2n) is 2.64. The summed E-state index contributed by atoms with van der Waals surface area (Å²) in [6.45, 7) is 1.80. The quantitative estimate of drug-likeness (QED) is 0.748. The second kappa shape index (κ2) is 4.37. The zero-order valence-corrected chi connectivity index (χ0v) is 9.04. The highest BCUT2D eigenvalue weighted by atomic mass is 79.9. The maximum atomic E-state index is 11.2. The number of ether oxygens (including phenoxy) is 1. The lowest BCUT2D eigenvalue weighted by molar-refractivity contribution is -0.142. The van der Waals surface area contributed by atoms with Gasteiger partial charge in [0.1, 0.15) is 0 Å². The van der Waals surface area contributed by atoms with Crippen LogP contribution in [-0.4, -0.2) is 18.1 Å². The highest BCUT2D eigenvalue weighted by molar-refractivity contribution is 9.10. The number of hydrogen-bond acceptors (Lipinski definition) is 3. The van der Waals surface area contributed by atoms with Crippen molar-refractivity contribution in [3.05, 3.63) is 28.5 Å². The smallest absolute Gasteiger partial charge is 0.312 e. The lowest BCUT2D eigenvalue weighted by atomic mass is 10.0. The minimum absolute atomic E-state index is 0.244. The molecular weight excluding hydrogens is 234 g/mol. The van der Waals surface area contributed by atoms with Crippen LogP contribution in [0.25, 0.3) is 0 Å². The zero-order chi connectivity index (χ0) is 9.84. The van der Waals surface area contributed by atoms with E-state index in [1.807, 2.05) is 0 Å². The number of nitrogens with zero attached hydrogens (tertiary/aromatic N) is 1. The van der Waals surface area contributed by atoms with E-state index in [1.165, 1.54) is 7.11 Å². The lowest BCUT2D eigenvalue weighted by Crippen LogP contribution is -2.11.